The Labute approximate surface area is 336 Å². The molecule has 2 saturated carbocycles. The van der Waals surface area contributed by atoms with Crippen molar-refractivity contribution in [3.05, 3.63) is 59.8 Å². The number of nitrogens with one attached hydrogen (secondary N) is 4. The second-order valence-corrected chi connectivity index (χ2v) is 16.3. The molecule has 3 aromatic rings. The molecule has 4 amide bonds. The summed E-state index contributed by atoms with van der Waals surface area (Å²) in [5.74, 6) is -0.739. The number of likely N-dealkylation sites (tertiary alicyclic amines) is 1. The number of morpholine rings is 1. The number of amides is 4. The Bertz CT molecular complexity index is 2000. The Kier molecular flexibility index (Phi) is 12.2. The summed E-state index contributed by atoms with van der Waals surface area (Å²) >= 11 is 0. The Balaban J connectivity index is 0.754. The molecule has 1 aromatic carbocycles. The summed E-state index contributed by atoms with van der Waals surface area (Å²) in [7, 11) is 0. The highest BCUT2D eigenvalue weighted by atomic mass is 19.1. The van der Waals surface area contributed by atoms with Gasteiger partial charge in [-0.05, 0) is 119 Å². The van der Waals surface area contributed by atoms with E-state index in [0.717, 1.165) is 83.5 Å². The van der Waals surface area contributed by atoms with Crippen LogP contribution in [0.4, 0.5) is 26.2 Å². The van der Waals surface area contributed by atoms with E-state index in [0.29, 0.717) is 54.3 Å². The monoisotopic (exact) mass is 799 g/mol. The molecule has 308 valence electrons. The number of anilines is 3. The Morgan fingerprint density at radius 2 is 1.60 bits per heavy atom. The normalized spacial score (nSPS) is 26.2. The van der Waals surface area contributed by atoms with E-state index >= 15 is 4.39 Å². The number of nitrogens with zero attached hydrogens (tertiary/aromatic N) is 5. The van der Waals surface area contributed by atoms with Crippen LogP contribution in [-0.2, 0) is 23.9 Å². The van der Waals surface area contributed by atoms with Gasteiger partial charge in [-0.25, -0.2) is 23.7 Å². The third kappa shape index (κ3) is 9.28. The fourth-order valence-electron chi connectivity index (χ4n) is 9.22. The van der Waals surface area contributed by atoms with Crippen LogP contribution in [0.2, 0.25) is 0 Å². The van der Waals surface area contributed by atoms with E-state index in [1.54, 1.807) is 18.2 Å². The summed E-state index contributed by atoms with van der Waals surface area (Å²) in [6, 6.07) is 10.2. The standard InChI is InChI=1S/C42H51F2N9O5/c43-32-22-29(46-35-14-15-37(54)50-41(35)57)10-13-31(32)25-16-18-52(19-17-25)30-11-4-26(5-12-30)40(56)47-27-6-8-28(9-7-27)48-42-45-23-33(44)39(51-42)34-2-1-3-36(49-34)53-20-21-58-24-38(53)55/h1-3,10,13,22-23,25-28,30,35,46H,4-9,11-12,14-21,24H2,(H,47,56)(H,45,48,51)(H,50,54,57). The van der Waals surface area contributed by atoms with Crippen molar-refractivity contribution in [1.29, 1.82) is 0 Å². The topological polar surface area (TPSA) is 171 Å². The maximum Gasteiger partial charge on any atom is 0.254 e. The Hall–Kier alpha value is -5.09. The molecule has 16 heteroatoms. The van der Waals surface area contributed by atoms with E-state index < -0.39 is 11.9 Å². The van der Waals surface area contributed by atoms with Crippen LogP contribution in [-0.4, -0.2) is 100 Å². The van der Waals surface area contributed by atoms with Crippen molar-refractivity contribution < 1.29 is 32.7 Å². The maximum atomic E-state index is 15.3. The van der Waals surface area contributed by atoms with Gasteiger partial charge in [0.2, 0.25) is 23.7 Å². The van der Waals surface area contributed by atoms with Crippen molar-refractivity contribution in [3.8, 4) is 11.4 Å². The minimum atomic E-state index is -0.604. The quantitative estimate of drug-likeness (QED) is 0.210. The first-order chi connectivity index (χ1) is 28.2. The first-order valence-electron chi connectivity index (χ1n) is 20.8. The highest BCUT2D eigenvalue weighted by Gasteiger charge is 2.34. The summed E-state index contributed by atoms with van der Waals surface area (Å²) in [6.45, 7) is 2.55. The van der Waals surface area contributed by atoms with Crippen molar-refractivity contribution in [2.24, 2.45) is 5.92 Å². The molecule has 58 heavy (non-hydrogen) atoms. The molecule has 8 rings (SSSR count). The molecule has 0 bridgehead atoms. The van der Waals surface area contributed by atoms with Crippen molar-refractivity contribution in [2.45, 2.75) is 107 Å². The molecule has 1 unspecified atom stereocenters. The lowest BCUT2D eigenvalue weighted by molar-refractivity contribution is -0.133. The number of halogens is 2. The number of imide groups is 1. The van der Waals surface area contributed by atoms with Gasteiger partial charge < -0.3 is 25.6 Å². The molecule has 14 nitrogen and oxygen atoms in total. The molecule has 3 saturated heterocycles. The number of benzene rings is 1. The van der Waals surface area contributed by atoms with Gasteiger partial charge in [0.25, 0.3) is 5.91 Å². The predicted octanol–water partition coefficient (Wildman–Crippen LogP) is 4.67. The lowest BCUT2D eigenvalue weighted by atomic mass is 9.82. The first-order valence-corrected chi connectivity index (χ1v) is 20.8. The SMILES string of the molecule is O=C1CCC(Nc2ccc(C3CCN(C4CCC(C(=O)NC5CCC(Nc6ncc(F)c(-c7cccc(N8CCOCC8=O)n7)n6)CC5)CC4)CC3)c(F)c2)C(=O)N1. The molecule has 0 spiro atoms. The fraction of sp³-hybridized carbons (Fsp3) is 0.548. The number of pyridine rings is 1. The third-order valence-corrected chi connectivity index (χ3v) is 12.5. The van der Waals surface area contributed by atoms with Gasteiger partial charge in [0, 0.05) is 36.2 Å². The van der Waals surface area contributed by atoms with E-state index in [1.807, 2.05) is 12.1 Å². The number of piperidine rings is 2. The van der Waals surface area contributed by atoms with E-state index in [2.05, 4.69) is 41.1 Å². The van der Waals surface area contributed by atoms with Crippen LogP contribution >= 0.6 is 0 Å². The zero-order valence-electron chi connectivity index (χ0n) is 32.6. The van der Waals surface area contributed by atoms with Gasteiger partial charge in [-0.2, -0.15) is 0 Å². The first kappa shape index (κ1) is 39.7. The van der Waals surface area contributed by atoms with Crippen LogP contribution in [0, 0.1) is 17.6 Å². The lowest BCUT2D eigenvalue weighted by Gasteiger charge is -2.41. The minimum Gasteiger partial charge on any atom is -0.374 e. The molecule has 2 aromatic heterocycles. The highest BCUT2D eigenvalue weighted by molar-refractivity contribution is 6.01. The molecule has 2 aliphatic carbocycles. The predicted molar refractivity (Wildman–Crippen MR) is 212 cm³/mol. The number of carbonyl (C=O) groups excluding carboxylic acids is 4. The number of ether oxygens (including phenoxy) is 1. The number of hydrogen-bond donors (Lipinski definition) is 4. The molecule has 5 fully saturated rings. The largest absolute Gasteiger partial charge is 0.374 e. The summed E-state index contributed by atoms with van der Waals surface area (Å²) in [4.78, 5) is 66.4. The summed E-state index contributed by atoms with van der Waals surface area (Å²) < 4.78 is 35.4. The van der Waals surface area contributed by atoms with Gasteiger partial charge in [-0.15, -0.1) is 0 Å². The lowest BCUT2D eigenvalue weighted by Crippen LogP contribution is -2.47. The summed E-state index contributed by atoms with van der Waals surface area (Å²) in [5, 5.41) is 12.1. The molecule has 3 aliphatic heterocycles. The van der Waals surface area contributed by atoms with E-state index in [-0.39, 0.29) is 72.1 Å². The zero-order chi connectivity index (χ0) is 40.2. The van der Waals surface area contributed by atoms with E-state index in [9.17, 15) is 23.6 Å². The molecule has 5 heterocycles. The van der Waals surface area contributed by atoms with Gasteiger partial charge in [0.15, 0.2) is 5.82 Å². The molecular formula is C42H51F2N9O5. The number of carbonyl (C=O) groups is 4. The second-order valence-electron chi connectivity index (χ2n) is 16.3. The maximum absolute atomic E-state index is 15.3. The smallest absolute Gasteiger partial charge is 0.254 e. The summed E-state index contributed by atoms with van der Waals surface area (Å²) in [5.41, 5.74) is 1.60. The van der Waals surface area contributed by atoms with Gasteiger partial charge in [-0.3, -0.25) is 29.4 Å². The van der Waals surface area contributed by atoms with E-state index in [1.165, 1.54) is 11.0 Å². The zero-order valence-corrected chi connectivity index (χ0v) is 32.6. The third-order valence-electron chi connectivity index (χ3n) is 12.5. The Morgan fingerprint density at radius 3 is 2.34 bits per heavy atom. The highest BCUT2D eigenvalue weighted by Crippen LogP contribution is 2.36. The van der Waals surface area contributed by atoms with Crippen LogP contribution in [0.5, 0.6) is 0 Å². The molecular weight excluding hydrogens is 749 g/mol. The van der Waals surface area contributed by atoms with Crippen molar-refractivity contribution >= 4 is 41.1 Å². The average molecular weight is 800 g/mol. The van der Waals surface area contributed by atoms with Gasteiger partial charge >= 0.3 is 0 Å². The van der Waals surface area contributed by atoms with E-state index in [4.69, 9.17) is 4.74 Å². The average Bonchev–Trinajstić information content (AvgIpc) is 3.24. The molecule has 4 N–H and O–H groups in total. The van der Waals surface area contributed by atoms with Crippen LogP contribution in [0.25, 0.3) is 11.4 Å². The van der Waals surface area contributed by atoms with Gasteiger partial charge in [0.1, 0.15) is 30.0 Å². The molecule has 0 radical (unpaired) electrons. The van der Waals surface area contributed by atoms with Crippen LogP contribution < -0.4 is 26.2 Å². The number of rotatable bonds is 10. The molecule has 5 aliphatic rings. The van der Waals surface area contributed by atoms with Crippen molar-refractivity contribution in [1.82, 2.24) is 30.5 Å². The van der Waals surface area contributed by atoms with Gasteiger partial charge in [-0.1, -0.05) is 12.1 Å². The summed E-state index contributed by atoms with van der Waals surface area (Å²) in [6.07, 6.45) is 10.4. The molecule has 1 atom stereocenters. The fourth-order valence-corrected chi connectivity index (χ4v) is 9.22. The number of hydrogen-bond acceptors (Lipinski definition) is 11. The van der Waals surface area contributed by atoms with Crippen LogP contribution in [0.3, 0.4) is 0 Å². The van der Waals surface area contributed by atoms with Gasteiger partial charge in [0.05, 0.1) is 25.0 Å². The van der Waals surface area contributed by atoms with Crippen molar-refractivity contribution in [2.75, 3.05) is 48.4 Å². The van der Waals surface area contributed by atoms with Crippen LogP contribution in [0.15, 0.2) is 42.6 Å². The van der Waals surface area contributed by atoms with Crippen molar-refractivity contribution in [3.63, 3.8) is 0 Å². The Morgan fingerprint density at radius 1 is 0.828 bits per heavy atom. The van der Waals surface area contributed by atoms with Crippen LogP contribution in [0.1, 0.15) is 88.5 Å². The second kappa shape index (κ2) is 17.8. The number of aromatic nitrogens is 3. The minimum absolute atomic E-state index is 0.00514.